The molecule has 0 aromatic rings. The molecule has 1 unspecified atom stereocenters. The number of alkyl halides is 1. The second kappa shape index (κ2) is 3.56. The predicted molar refractivity (Wildman–Crippen MR) is 63.2 cm³/mol. The fraction of sp³-hybridized carbons (Fsp3) is 0.917. The summed E-state index contributed by atoms with van der Waals surface area (Å²) in [6, 6.07) is 0. The Morgan fingerprint density at radius 3 is 2.67 bits per heavy atom. The summed E-state index contributed by atoms with van der Waals surface area (Å²) in [5, 5.41) is 0. The Morgan fingerprint density at radius 1 is 1.60 bits per heavy atom. The molecule has 0 aromatic heterocycles. The van der Waals surface area contributed by atoms with Gasteiger partial charge in [-0.15, -0.1) is 0 Å². The van der Waals surface area contributed by atoms with Gasteiger partial charge < -0.3 is 4.74 Å². The van der Waals surface area contributed by atoms with Crippen molar-refractivity contribution in [2.45, 2.75) is 37.9 Å². The number of hydrogen-bond donors (Lipinski definition) is 0. The first-order chi connectivity index (χ1) is 6.96. The second-order valence-electron chi connectivity index (χ2n) is 5.48. The van der Waals surface area contributed by atoms with Gasteiger partial charge in [-0.3, -0.25) is 4.79 Å². The van der Waals surface area contributed by atoms with E-state index < -0.39 is 0 Å². The predicted octanol–water partition coefficient (Wildman–Crippen LogP) is 2.79. The molecule has 2 aliphatic carbocycles. The summed E-state index contributed by atoms with van der Waals surface area (Å²) in [7, 11) is 1.70. The number of Topliss-reactive ketones (excluding diaryl/α,β-unsaturated/α-hetero) is 1. The lowest BCUT2D eigenvalue weighted by molar-refractivity contribution is -0.130. The summed E-state index contributed by atoms with van der Waals surface area (Å²) in [5.74, 6) is 1.03. The maximum Gasteiger partial charge on any atom is 0.141 e. The molecule has 2 rings (SSSR count). The summed E-state index contributed by atoms with van der Waals surface area (Å²) in [6.07, 6.45) is 3.01. The molecule has 2 fully saturated rings. The molecule has 0 amide bonds. The van der Waals surface area contributed by atoms with Crippen molar-refractivity contribution in [3.8, 4) is 0 Å². The number of fused-ring (bicyclic) bond motifs is 2. The van der Waals surface area contributed by atoms with Gasteiger partial charge in [-0.1, -0.05) is 29.8 Å². The molecule has 2 saturated carbocycles. The van der Waals surface area contributed by atoms with E-state index in [4.69, 9.17) is 4.74 Å². The van der Waals surface area contributed by atoms with Crippen LogP contribution < -0.4 is 0 Å². The van der Waals surface area contributed by atoms with Crippen molar-refractivity contribution >= 4 is 21.7 Å². The van der Waals surface area contributed by atoms with Crippen LogP contribution in [0.4, 0.5) is 0 Å². The third-order valence-electron chi connectivity index (χ3n) is 4.83. The van der Waals surface area contributed by atoms with Gasteiger partial charge in [-0.05, 0) is 24.2 Å². The topological polar surface area (TPSA) is 26.3 Å². The van der Waals surface area contributed by atoms with Crippen molar-refractivity contribution in [3.63, 3.8) is 0 Å². The fourth-order valence-corrected chi connectivity index (χ4v) is 5.07. The molecule has 0 saturated heterocycles. The van der Waals surface area contributed by atoms with Gasteiger partial charge in [0.05, 0.1) is 11.4 Å². The van der Waals surface area contributed by atoms with Crippen LogP contribution in [0.1, 0.15) is 33.1 Å². The van der Waals surface area contributed by atoms with Gasteiger partial charge in [0.15, 0.2) is 0 Å². The molecule has 2 aliphatic rings. The van der Waals surface area contributed by atoms with Crippen molar-refractivity contribution in [3.05, 3.63) is 0 Å². The Bertz CT molecular complexity index is 287. The number of carbonyl (C=O) groups excluding carboxylic acids is 1. The van der Waals surface area contributed by atoms with Crippen molar-refractivity contribution in [2.75, 3.05) is 13.7 Å². The van der Waals surface area contributed by atoms with Crippen LogP contribution in [0.3, 0.4) is 0 Å². The first kappa shape index (κ1) is 11.6. The molecular formula is C12H19BrO2. The summed E-state index contributed by atoms with van der Waals surface area (Å²) in [5.41, 5.74) is -0.0372. The fourth-order valence-electron chi connectivity index (χ4n) is 3.73. The van der Waals surface area contributed by atoms with Gasteiger partial charge in [0.1, 0.15) is 5.78 Å². The molecule has 0 heterocycles. The van der Waals surface area contributed by atoms with Gasteiger partial charge in [-0.25, -0.2) is 0 Å². The van der Waals surface area contributed by atoms with Crippen LogP contribution in [0.15, 0.2) is 0 Å². The summed E-state index contributed by atoms with van der Waals surface area (Å²) < 4.78 is 5.20. The Hall–Kier alpha value is 0.110. The first-order valence-electron chi connectivity index (χ1n) is 5.63. The van der Waals surface area contributed by atoms with E-state index in [-0.39, 0.29) is 15.7 Å². The SMILES string of the molecule is COCC(Br)[C@]12CC[C@H](CC1=O)C2(C)C. The van der Waals surface area contributed by atoms with Crippen LogP contribution in [-0.2, 0) is 9.53 Å². The Morgan fingerprint density at radius 2 is 2.27 bits per heavy atom. The molecule has 0 N–H and O–H groups in total. The number of ether oxygens (including phenoxy) is 1. The van der Waals surface area contributed by atoms with Crippen molar-refractivity contribution in [1.29, 1.82) is 0 Å². The average Bonchev–Trinajstić information content (AvgIpc) is 2.51. The molecule has 0 spiro atoms. The van der Waals surface area contributed by atoms with E-state index in [2.05, 4.69) is 29.8 Å². The van der Waals surface area contributed by atoms with E-state index in [0.29, 0.717) is 18.3 Å². The molecule has 2 nitrogen and oxygen atoms in total. The maximum absolute atomic E-state index is 12.2. The van der Waals surface area contributed by atoms with Gasteiger partial charge in [0.25, 0.3) is 0 Å². The normalized spacial score (nSPS) is 39.7. The molecule has 15 heavy (non-hydrogen) atoms. The summed E-state index contributed by atoms with van der Waals surface area (Å²) >= 11 is 3.68. The van der Waals surface area contributed by atoms with Crippen molar-refractivity contribution in [2.24, 2.45) is 16.7 Å². The quantitative estimate of drug-likeness (QED) is 0.740. The maximum atomic E-state index is 12.2. The van der Waals surface area contributed by atoms with Gasteiger partial charge in [0, 0.05) is 18.9 Å². The molecule has 0 aromatic carbocycles. The number of hydrogen-bond acceptors (Lipinski definition) is 2. The minimum atomic E-state index is -0.173. The van der Waals surface area contributed by atoms with E-state index in [9.17, 15) is 4.79 Å². The van der Waals surface area contributed by atoms with Crippen molar-refractivity contribution in [1.82, 2.24) is 0 Å². The second-order valence-corrected chi connectivity index (χ2v) is 6.58. The third kappa shape index (κ3) is 1.29. The lowest BCUT2D eigenvalue weighted by Crippen LogP contribution is -2.45. The minimum absolute atomic E-state index is 0.136. The number of halogens is 1. The molecule has 3 atom stereocenters. The minimum Gasteiger partial charge on any atom is -0.383 e. The first-order valence-corrected chi connectivity index (χ1v) is 6.54. The highest BCUT2D eigenvalue weighted by Gasteiger charge is 2.66. The molecule has 0 aliphatic heterocycles. The molecule has 0 radical (unpaired) electrons. The smallest absolute Gasteiger partial charge is 0.141 e. The van der Waals surface area contributed by atoms with E-state index in [0.717, 1.165) is 12.8 Å². The number of methoxy groups -OCH3 is 1. The van der Waals surface area contributed by atoms with Crippen LogP contribution in [0.2, 0.25) is 0 Å². The lowest BCUT2D eigenvalue weighted by atomic mass is 9.67. The van der Waals surface area contributed by atoms with Crippen molar-refractivity contribution < 1.29 is 9.53 Å². The number of carbonyl (C=O) groups is 1. The van der Waals surface area contributed by atoms with Gasteiger partial charge in [-0.2, -0.15) is 0 Å². The van der Waals surface area contributed by atoms with Gasteiger partial charge >= 0.3 is 0 Å². The molecule has 86 valence electrons. The zero-order chi connectivity index (χ0) is 11.3. The highest BCUT2D eigenvalue weighted by Crippen LogP contribution is 2.66. The molecule has 2 bridgehead atoms. The van der Waals surface area contributed by atoms with E-state index in [1.54, 1.807) is 7.11 Å². The molecule has 3 heteroatoms. The number of rotatable bonds is 3. The summed E-state index contributed by atoms with van der Waals surface area (Å²) in [6.45, 7) is 5.13. The monoisotopic (exact) mass is 274 g/mol. The van der Waals surface area contributed by atoms with Crippen LogP contribution in [0.25, 0.3) is 0 Å². The Kier molecular flexibility index (Phi) is 2.75. The highest BCUT2D eigenvalue weighted by molar-refractivity contribution is 9.09. The Balaban J connectivity index is 2.35. The van der Waals surface area contributed by atoms with E-state index in [1.165, 1.54) is 6.42 Å². The lowest BCUT2D eigenvalue weighted by Gasteiger charge is -2.40. The number of ketones is 1. The van der Waals surface area contributed by atoms with Crippen LogP contribution in [0.5, 0.6) is 0 Å². The summed E-state index contributed by atoms with van der Waals surface area (Å²) in [4.78, 5) is 12.4. The van der Waals surface area contributed by atoms with E-state index in [1.807, 2.05) is 0 Å². The Labute approximate surface area is 99.9 Å². The standard InChI is InChI=1S/C12H19BrO2/c1-11(2)8-4-5-12(11,10(14)6-8)9(13)7-15-3/h8-9H,4-7H2,1-3H3/t8-,9?,12-/m1/s1. The third-order valence-corrected chi connectivity index (χ3v) is 5.88. The zero-order valence-corrected chi connectivity index (χ0v) is 11.3. The largest absolute Gasteiger partial charge is 0.383 e. The van der Waals surface area contributed by atoms with Crippen LogP contribution in [0, 0.1) is 16.7 Å². The highest BCUT2D eigenvalue weighted by atomic mass is 79.9. The average molecular weight is 275 g/mol. The van der Waals surface area contributed by atoms with E-state index >= 15 is 0 Å². The molecular weight excluding hydrogens is 256 g/mol. The van der Waals surface area contributed by atoms with Crippen LogP contribution in [-0.4, -0.2) is 24.3 Å². The van der Waals surface area contributed by atoms with Gasteiger partial charge in [0.2, 0.25) is 0 Å². The zero-order valence-electron chi connectivity index (χ0n) is 9.68. The van der Waals surface area contributed by atoms with Crippen LogP contribution >= 0.6 is 15.9 Å².